The topological polar surface area (TPSA) is 78.7 Å². The van der Waals surface area contributed by atoms with Gasteiger partial charge in [-0.2, -0.15) is 0 Å². The molecule has 7 nitrogen and oxygen atoms in total. The predicted octanol–water partition coefficient (Wildman–Crippen LogP) is 2.97. The second-order valence-corrected chi connectivity index (χ2v) is 7.73. The molecule has 1 aromatic heterocycles. The van der Waals surface area contributed by atoms with Crippen LogP contribution in [0.25, 0.3) is 11.3 Å². The summed E-state index contributed by atoms with van der Waals surface area (Å²) < 4.78 is 5.27. The summed E-state index contributed by atoms with van der Waals surface area (Å²) in [5.41, 5.74) is 3.18. The zero-order valence-electron chi connectivity index (χ0n) is 18.2. The summed E-state index contributed by atoms with van der Waals surface area (Å²) in [5.74, 6) is -0.0880. The van der Waals surface area contributed by atoms with Gasteiger partial charge in [0.2, 0.25) is 5.91 Å². The van der Waals surface area contributed by atoms with Crippen LogP contribution < -0.4 is 5.32 Å². The van der Waals surface area contributed by atoms with E-state index in [2.05, 4.69) is 16.5 Å². The molecule has 0 unspecified atom stereocenters. The molecule has 3 aromatic rings. The van der Waals surface area contributed by atoms with Crippen LogP contribution in [0.1, 0.15) is 21.6 Å². The summed E-state index contributed by atoms with van der Waals surface area (Å²) in [6.07, 6.45) is 0. The van der Waals surface area contributed by atoms with Crippen molar-refractivity contribution in [3.8, 4) is 11.3 Å². The minimum atomic E-state index is -0.442. The number of amides is 2. The number of likely N-dealkylation sites (N-methyl/N-ethyl adjacent to an activating group) is 1. The molecule has 0 aliphatic carbocycles. The molecule has 0 aliphatic rings. The Morgan fingerprint density at radius 2 is 1.77 bits per heavy atom. The first-order valence-electron chi connectivity index (χ1n) is 10.2. The van der Waals surface area contributed by atoms with Crippen LogP contribution in [0.2, 0.25) is 0 Å². The first-order valence-corrected chi connectivity index (χ1v) is 10.2. The Labute approximate surface area is 182 Å². The van der Waals surface area contributed by atoms with E-state index >= 15 is 0 Å². The molecule has 0 aliphatic heterocycles. The van der Waals surface area contributed by atoms with Gasteiger partial charge in [0, 0.05) is 31.3 Å². The number of carbonyl (C=O) groups excluding carboxylic acids is 2. The minimum absolute atomic E-state index is 0.106. The lowest BCUT2D eigenvalue weighted by Crippen LogP contribution is -2.42. The summed E-state index contributed by atoms with van der Waals surface area (Å²) in [5, 5.41) is 6.50. The molecule has 1 N–H and O–H groups in total. The van der Waals surface area contributed by atoms with Crippen molar-refractivity contribution in [1.29, 1.82) is 0 Å². The van der Waals surface area contributed by atoms with Gasteiger partial charge in [-0.15, -0.1) is 0 Å². The van der Waals surface area contributed by atoms with Crippen molar-refractivity contribution in [2.24, 2.45) is 0 Å². The average Bonchev–Trinajstić information content (AvgIpc) is 3.26. The highest BCUT2D eigenvalue weighted by Crippen LogP contribution is 2.19. The van der Waals surface area contributed by atoms with Crippen molar-refractivity contribution >= 4 is 11.8 Å². The summed E-state index contributed by atoms with van der Waals surface area (Å²) in [4.78, 5) is 29.1. The number of aryl methyl sites for hydroxylation is 1. The smallest absolute Gasteiger partial charge is 0.273 e. The summed E-state index contributed by atoms with van der Waals surface area (Å²) in [6, 6.07) is 19.1. The molecule has 0 radical (unpaired) electrons. The van der Waals surface area contributed by atoms with Gasteiger partial charge >= 0.3 is 0 Å². The fraction of sp³-hybridized carbons (Fsp3) is 0.292. The van der Waals surface area contributed by atoms with E-state index in [1.807, 2.05) is 74.4 Å². The quantitative estimate of drug-likeness (QED) is 0.576. The van der Waals surface area contributed by atoms with Crippen molar-refractivity contribution in [2.75, 3.05) is 33.7 Å². The van der Waals surface area contributed by atoms with Crippen LogP contribution in [0.5, 0.6) is 0 Å². The first kappa shape index (κ1) is 22.2. The van der Waals surface area contributed by atoms with E-state index in [0.29, 0.717) is 18.8 Å². The molecule has 31 heavy (non-hydrogen) atoms. The number of hydrogen-bond acceptors (Lipinski definition) is 5. The van der Waals surface area contributed by atoms with Gasteiger partial charge in [0.25, 0.3) is 5.91 Å². The fourth-order valence-corrected chi connectivity index (χ4v) is 3.12. The van der Waals surface area contributed by atoms with Gasteiger partial charge in [0.05, 0.1) is 6.54 Å². The van der Waals surface area contributed by atoms with E-state index in [4.69, 9.17) is 4.52 Å². The Morgan fingerprint density at radius 3 is 2.48 bits per heavy atom. The number of benzene rings is 2. The third-order valence-corrected chi connectivity index (χ3v) is 4.83. The van der Waals surface area contributed by atoms with Crippen molar-refractivity contribution in [1.82, 2.24) is 20.3 Å². The average molecular weight is 421 g/mol. The monoisotopic (exact) mass is 420 g/mol. The van der Waals surface area contributed by atoms with E-state index in [1.54, 1.807) is 11.0 Å². The molecule has 162 valence electrons. The van der Waals surface area contributed by atoms with E-state index in [0.717, 1.165) is 23.2 Å². The van der Waals surface area contributed by atoms with Crippen molar-refractivity contribution in [2.45, 2.75) is 13.5 Å². The summed E-state index contributed by atoms with van der Waals surface area (Å²) in [6.45, 7) is 3.71. The van der Waals surface area contributed by atoms with Crippen LogP contribution in [0.4, 0.5) is 0 Å². The van der Waals surface area contributed by atoms with Crippen LogP contribution in [0.3, 0.4) is 0 Å². The third-order valence-electron chi connectivity index (χ3n) is 4.83. The Balaban J connectivity index is 1.61. The highest BCUT2D eigenvalue weighted by atomic mass is 16.5. The third kappa shape index (κ3) is 6.52. The van der Waals surface area contributed by atoms with Gasteiger partial charge in [-0.05, 0) is 26.6 Å². The molecule has 3 rings (SSSR count). The number of hydrogen-bond donors (Lipinski definition) is 1. The molecule has 2 aromatic carbocycles. The maximum Gasteiger partial charge on any atom is 0.273 e. The van der Waals surface area contributed by atoms with Crippen molar-refractivity contribution in [3.05, 3.63) is 77.5 Å². The highest BCUT2D eigenvalue weighted by molar-refractivity contribution is 5.95. The normalized spacial score (nSPS) is 10.8. The first-order chi connectivity index (χ1) is 14.9. The van der Waals surface area contributed by atoms with Gasteiger partial charge in [0.15, 0.2) is 11.5 Å². The molecule has 0 saturated carbocycles. The Hall–Kier alpha value is -3.45. The van der Waals surface area contributed by atoms with E-state index in [1.165, 1.54) is 0 Å². The number of nitrogens with one attached hydrogen (secondary N) is 1. The number of aromatic nitrogens is 1. The second kappa shape index (κ2) is 10.5. The van der Waals surface area contributed by atoms with Crippen molar-refractivity contribution in [3.63, 3.8) is 0 Å². The Kier molecular flexibility index (Phi) is 7.56. The van der Waals surface area contributed by atoms with E-state index < -0.39 is 5.91 Å². The lowest BCUT2D eigenvalue weighted by atomic mass is 10.1. The lowest BCUT2D eigenvalue weighted by Gasteiger charge is -2.25. The molecule has 7 heteroatoms. The van der Waals surface area contributed by atoms with Gasteiger partial charge in [0.1, 0.15) is 0 Å². The van der Waals surface area contributed by atoms with Gasteiger partial charge < -0.3 is 19.6 Å². The predicted molar refractivity (Wildman–Crippen MR) is 119 cm³/mol. The second-order valence-electron chi connectivity index (χ2n) is 7.73. The van der Waals surface area contributed by atoms with Gasteiger partial charge in [-0.3, -0.25) is 9.59 Å². The summed E-state index contributed by atoms with van der Waals surface area (Å²) >= 11 is 0. The zero-order chi connectivity index (χ0) is 22.2. The van der Waals surface area contributed by atoms with E-state index in [9.17, 15) is 9.59 Å². The summed E-state index contributed by atoms with van der Waals surface area (Å²) in [7, 11) is 3.93. The maximum absolute atomic E-state index is 12.9. The molecule has 0 fully saturated rings. The molecule has 0 bridgehead atoms. The fourth-order valence-electron chi connectivity index (χ4n) is 3.12. The molecule has 0 atom stereocenters. The largest absolute Gasteiger partial charge is 0.355 e. The number of nitrogens with zero attached hydrogens (tertiary/aromatic N) is 3. The van der Waals surface area contributed by atoms with Crippen LogP contribution in [0, 0.1) is 6.92 Å². The van der Waals surface area contributed by atoms with Crippen LogP contribution in [-0.4, -0.2) is 60.5 Å². The molecule has 2 amide bonds. The number of carbonyl (C=O) groups is 2. The van der Waals surface area contributed by atoms with Crippen molar-refractivity contribution < 1.29 is 14.1 Å². The van der Waals surface area contributed by atoms with Crippen LogP contribution in [0.15, 0.2) is 65.2 Å². The number of rotatable bonds is 9. The minimum Gasteiger partial charge on any atom is -0.355 e. The molecular formula is C24H28N4O3. The van der Waals surface area contributed by atoms with E-state index in [-0.39, 0.29) is 18.1 Å². The Morgan fingerprint density at radius 1 is 1.00 bits per heavy atom. The molecule has 0 spiro atoms. The SMILES string of the molecule is Cc1cccc(CN(CCN(C)C)C(=O)CNC(=O)c2cc(-c3ccccc3)on2)c1. The van der Waals surface area contributed by atoms with Crippen LogP contribution in [-0.2, 0) is 11.3 Å². The zero-order valence-corrected chi connectivity index (χ0v) is 18.2. The standard InChI is InChI=1S/C24H28N4O3/c1-18-8-7-9-19(14-18)17-28(13-12-27(2)3)23(29)16-25-24(30)21-15-22(31-26-21)20-10-5-4-6-11-20/h4-11,14-15H,12-13,16-17H2,1-3H3,(H,25,30). The van der Waals surface area contributed by atoms with Gasteiger partial charge in [-0.1, -0.05) is 65.3 Å². The highest BCUT2D eigenvalue weighted by Gasteiger charge is 2.18. The van der Waals surface area contributed by atoms with Gasteiger partial charge in [-0.25, -0.2) is 0 Å². The molecule has 1 heterocycles. The Bertz CT molecular complexity index is 1010. The maximum atomic E-state index is 12.9. The lowest BCUT2D eigenvalue weighted by molar-refractivity contribution is -0.130. The van der Waals surface area contributed by atoms with Crippen LogP contribution >= 0.6 is 0 Å². The molecule has 0 saturated heterocycles. The molecular weight excluding hydrogens is 392 g/mol.